The van der Waals surface area contributed by atoms with Crippen LogP contribution in [-0.4, -0.2) is 47.3 Å². The average molecular weight is 903 g/mol. The van der Waals surface area contributed by atoms with Crippen molar-refractivity contribution < 1.29 is 33.3 Å². The molecule has 1 spiro atoms. The van der Waals surface area contributed by atoms with E-state index in [-0.39, 0.29) is 35.4 Å². The molecule has 1 fully saturated rings. The summed E-state index contributed by atoms with van der Waals surface area (Å²) in [5.41, 5.74) is 6.71. The van der Waals surface area contributed by atoms with E-state index in [0.29, 0.717) is 36.7 Å². The number of rotatable bonds is 17. The number of β-lactam (4-membered cyclic amide) rings is 1. The van der Waals surface area contributed by atoms with Crippen LogP contribution < -0.4 is 19.1 Å². The number of ether oxygens (including phenoxy) is 4. The van der Waals surface area contributed by atoms with Crippen LogP contribution in [0.4, 0.5) is 11.4 Å². The first-order chi connectivity index (χ1) is 31.8. The lowest BCUT2D eigenvalue weighted by Gasteiger charge is -2.47. The van der Waals surface area contributed by atoms with Crippen LogP contribution in [0.2, 0.25) is 0 Å². The lowest BCUT2D eigenvalue weighted by molar-refractivity contribution is -0.148. The second kappa shape index (κ2) is 18.3. The van der Waals surface area contributed by atoms with Crippen molar-refractivity contribution in [1.82, 2.24) is 4.90 Å². The molecule has 4 aliphatic heterocycles. The van der Waals surface area contributed by atoms with Crippen molar-refractivity contribution in [3.63, 3.8) is 0 Å². The molecule has 10 rings (SSSR count). The normalized spacial score (nSPS) is 18.9. The van der Waals surface area contributed by atoms with Gasteiger partial charge in [0.25, 0.3) is 0 Å². The van der Waals surface area contributed by atoms with Crippen molar-refractivity contribution in [2.45, 2.75) is 69.5 Å². The molecule has 5 aromatic carbocycles. The Kier molecular flexibility index (Phi) is 12.0. The summed E-state index contributed by atoms with van der Waals surface area (Å²) in [5, 5.41) is 1.98. The number of Topliss-reactive ketones (excluding diaryl/α,β-unsaturated/α-hetero) is 1. The Balaban J connectivity index is 0.861. The van der Waals surface area contributed by atoms with Crippen molar-refractivity contribution in [2.75, 3.05) is 24.3 Å². The standard InChI is InChI=1S/C54H50N2O7S2/c1-3-4-5-7-13-37-26-47-50(62-49-27-39(55(2)38-14-8-6-9-15-38)21-24-46(49)54(47)45-18-11-10-17-43(45)53(59)63-54)30-48(37)61-32-35-19-22-41(23-20-35)60-33-36-31-56-51(58)44(52(56)65-34-36)29-40(57)28-42-16-12-25-64-42/h6,8-12,14-27,30-31,44,52H,3-5,7,13,28-29,32-34H2,1-2H3/t44-,52-,54?/m0/s1. The van der Waals surface area contributed by atoms with Crippen LogP contribution in [0.5, 0.6) is 23.0 Å². The number of carbonyl (C=O) groups is 3. The molecule has 0 bridgehead atoms. The molecule has 3 atom stereocenters. The first-order valence-electron chi connectivity index (χ1n) is 22.4. The molecule has 4 aliphatic rings. The number of hydrogen-bond acceptors (Lipinski definition) is 10. The number of esters is 1. The number of amides is 1. The number of ketones is 1. The summed E-state index contributed by atoms with van der Waals surface area (Å²) in [6, 6.07) is 39.8. The van der Waals surface area contributed by atoms with Gasteiger partial charge in [0.05, 0.1) is 16.9 Å². The lowest BCUT2D eigenvalue weighted by Crippen LogP contribution is -2.58. The first-order valence-corrected chi connectivity index (χ1v) is 24.3. The zero-order chi connectivity index (χ0) is 44.5. The van der Waals surface area contributed by atoms with E-state index in [1.807, 2.05) is 116 Å². The van der Waals surface area contributed by atoms with Crippen LogP contribution in [0.25, 0.3) is 0 Å². The number of fused-ring (bicyclic) bond motifs is 7. The average Bonchev–Trinajstić information content (AvgIpc) is 3.96. The second-order valence-corrected chi connectivity index (χ2v) is 19.3. The van der Waals surface area contributed by atoms with Gasteiger partial charge in [-0.25, -0.2) is 4.79 Å². The number of unbranched alkanes of at least 4 members (excludes halogenated alkanes) is 3. The van der Waals surface area contributed by atoms with E-state index in [4.69, 9.17) is 18.9 Å². The van der Waals surface area contributed by atoms with Crippen LogP contribution in [0.3, 0.4) is 0 Å². The third-order valence-corrected chi connectivity index (χ3v) is 15.1. The number of hydrogen-bond donors (Lipinski definition) is 0. The fraction of sp³-hybridized carbons (Fsp3) is 0.278. The van der Waals surface area contributed by atoms with Crippen LogP contribution in [0.1, 0.15) is 82.1 Å². The molecule has 5 heterocycles. The maximum Gasteiger partial charge on any atom is 0.340 e. The highest BCUT2D eigenvalue weighted by Gasteiger charge is 2.54. The van der Waals surface area contributed by atoms with Crippen LogP contribution >= 0.6 is 23.1 Å². The van der Waals surface area contributed by atoms with Gasteiger partial charge in [-0.15, -0.1) is 23.1 Å². The highest BCUT2D eigenvalue weighted by molar-refractivity contribution is 8.00. The van der Waals surface area contributed by atoms with E-state index in [0.717, 1.165) is 99.0 Å². The molecular formula is C54H50N2O7S2. The van der Waals surface area contributed by atoms with E-state index in [1.165, 1.54) is 0 Å². The second-order valence-electron chi connectivity index (χ2n) is 17.1. The summed E-state index contributed by atoms with van der Waals surface area (Å²) in [7, 11) is 2.03. The first kappa shape index (κ1) is 42.6. The third-order valence-electron chi connectivity index (χ3n) is 12.8. The topological polar surface area (TPSA) is 94.6 Å². The molecule has 330 valence electrons. The fourth-order valence-corrected chi connectivity index (χ4v) is 11.4. The summed E-state index contributed by atoms with van der Waals surface area (Å²) in [6.07, 6.45) is 7.74. The zero-order valence-electron chi connectivity index (χ0n) is 36.5. The molecule has 1 amide bonds. The Bertz CT molecular complexity index is 2770. The highest BCUT2D eigenvalue weighted by Crippen LogP contribution is 2.58. The predicted molar refractivity (Wildman–Crippen MR) is 256 cm³/mol. The third kappa shape index (κ3) is 8.32. The minimum Gasteiger partial charge on any atom is -0.489 e. The van der Waals surface area contributed by atoms with Crippen molar-refractivity contribution in [3.05, 3.63) is 177 Å². The van der Waals surface area contributed by atoms with Gasteiger partial charge in [0.1, 0.15) is 42.0 Å². The Morgan fingerprint density at radius 1 is 0.815 bits per heavy atom. The number of thioether (sulfide) groups is 1. The number of nitrogens with zero attached hydrogens (tertiary/aromatic N) is 2. The predicted octanol–water partition coefficient (Wildman–Crippen LogP) is 11.8. The molecule has 6 aromatic rings. The largest absolute Gasteiger partial charge is 0.489 e. The Hall–Kier alpha value is -6.30. The molecule has 11 heteroatoms. The summed E-state index contributed by atoms with van der Waals surface area (Å²) < 4.78 is 26.3. The summed E-state index contributed by atoms with van der Waals surface area (Å²) in [6.45, 7) is 2.90. The highest BCUT2D eigenvalue weighted by atomic mass is 32.2. The molecule has 0 aliphatic carbocycles. The van der Waals surface area contributed by atoms with Gasteiger partial charge in [0.15, 0.2) is 5.60 Å². The maximum atomic E-state index is 13.7. The monoisotopic (exact) mass is 902 g/mol. The van der Waals surface area contributed by atoms with E-state index in [2.05, 4.69) is 36.1 Å². The summed E-state index contributed by atoms with van der Waals surface area (Å²) in [4.78, 5) is 44.3. The zero-order valence-corrected chi connectivity index (χ0v) is 38.1. The molecule has 0 N–H and O–H groups in total. The van der Waals surface area contributed by atoms with Gasteiger partial charge in [0.2, 0.25) is 5.91 Å². The Morgan fingerprint density at radius 2 is 1.63 bits per heavy atom. The Labute approximate surface area is 388 Å². The van der Waals surface area contributed by atoms with Gasteiger partial charge in [-0.05, 0) is 89.5 Å². The number of carbonyl (C=O) groups excluding carboxylic acids is 3. The quantitative estimate of drug-likeness (QED) is 0.0504. The number of thiophene rings is 1. The smallest absolute Gasteiger partial charge is 0.340 e. The molecule has 1 aromatic heterocycles. The summed E-state index contributed by atoms with van der Waals surface area (Å²) >= 11 is 3.27. The summed E-state index contributed by atoms with van der Waals surface area (Å²) in [5.74, 6) is 2.89. The Morgan fingerprint density at radius 3 is 2.45 bits per heavy atom. The molecule has 1 unspecified atom stereocenters. The lowest BCUT2D eigenvalue weighted by atomic mass is 9.77. The van der Waals surface area contributed by atoms with E-state index in [1.54, 1.807) is 28.0 Å². The number of benzene rings is 5. The minimum absolute atomic E-state index is 0.00467. The van der Waals surface area contributed by atoms with Gasteiger partial charge < -0.3 is 28.7 Å². The van der Waals surface area contributed by atoms with E-state index < -0.39 is 5.60 Å². The number of aryl methyl sites for hydroxylation is 1. The van der Waals surface area contributed by atoms with Gasteiger partial charge >= 0.3 is 5.97 Å². The SMILES string of the molecule is CCCCCCc1cc2c(cc1OCc1ccc(OCC3=CN4C(=O)[C@H](CC(=O)Cc5cccs5)[C@@H]4SC3)cc1)Oc1cc(N(C)c3ccccc3)ccc1C21OC(=O)c2ccccc21. The minimum atomic E-state index is -1.20. The van der Waals surface area contributed by atoms with Gasteiger partial charge in [-0.1, -0.05) is 80.8 Å². The van der Waals surface area contributed by atoms with E-state index >= 15 is 0 Å². The molecule has 65 heavy (non-hydrogen) atoms. The molecular weight excluding hydrogens is 853 g/mol. The number of para-hydroxylation sites is 1. The molecule has 0 radical (unpaired) electrons. The van der Waals surface area contributed by atoms with E-state index in [9.17, 15) is 14.4 Å². The van der Waals surface area contributed by atoms with Gasteiger partial charge in [0, 0.05) is 76.9 Å². The number of anilines is 2. The van der Waals surface area contributed by atoms with Crippen molar-refractivity contribution in [2.24, 2.45) is 5.92 Å². The van der Waals surface area contributed by atoms with Gasteiger partial charge in [-0.3, -0.25) is 9.59 Å². The maximum absolute atomic E-state index is 13.7. The van der Waals surface area contributed by atoms with Crippen molar-refractivity contribution in [1.29, 1.82) is 0 Å². The van der Waals surface area contributed by atoms with Crippen molar-refractivity contribution in [3.8, 4) is 23.0 Å². The van der Waals surface area contributed by atoms with Crippen LogP contribution in [0, 0.1) is 5.92 Å². The fourth-order valence-electron chi connectivity index (χ4n) is 9.34. The van der Waals surface area contributed by atoms with Crippen molar-refractivity contribution >= 4 is 52.1 Å². The molecule has 0 saturated carbocycles. The molecule has 1 saturated heterocycles. The van der Waals surface area contributed by atoms with Crippen LogP contribution in [0.15, 0.2) is 138 Å². The molecule has 9 nitrogen and oxygen atoms in total. The van der Waals surface area contributed by atoms with Gasteiger partial charge in [-0.2, -0.15) is 0 Å². The van der Waals surface area contributed by atoms with Crippen LogP contribution in [-0.2, 0) is 39.4 Å².